The number of aliphatic hydroxyl groups excluding tert-OH is 1. The molecular formula is C10H14N5NaO10P2. The van der Waals surface area contributed by atoms with Crippen molar-refractivity contribution >= 4 is 32.6 Å². The fourth-order valence-corrected chi connectivity index (χ4v) is 4.06. The van der Waals surface area contributed by atoms with Crippen LogP contribution in [0, 0.1) is 0 Å². The Balaban J connectivity index is 0.00000280. The van der Waals surface area contributed by atoms with E-state index in [0.29, 0.717) is 0 Å². The number of aliphatic hydroxyl groups is 1. The zero-order valence-corrected chi connectivity index (χ0v) is 18.0. The minimum atomic E-state index is -5.30. The molecule has 0 amide bonds. The van der Waals surface area contributed by atoms with E-state index in [1.54, 1.807) is 0 Å². The second-order valence-corrected chi connectivity index (χ2v) is 8.27. The maximum Gasteiger partial charge on any atom is 1.00 e. The first kappa shape index (κ1) is 23.8. The summed E-state index contributed by atoms with van der Waals surface area (Å²) in [5.41, 5.74) is 6.05. The van der Waals surface area contributed by atoms with E-state index in [1.165, 1.54) is 10.9 Å². The van der Waals surface area contributed by atoms with E-state index < -0.39 is 46.8 Å². The van der Waals surface area contributed by atoms with Crippen LogP contribution in [0.15, 0.2) is 12.7 Å². The molecule has 18 heteroatoms. The summed E-state index contributed by atoms with van der Waals surface area (Å²) in [6.07, 6.45) is -3.78. The van der Waals surface area contributed by atoms with E-state index >= 15 is 0 Å². The van der Waals surface area contributed by atoms with Crippen molar-refractivity contribution in [2.24, 2.45) is 0 Å². The molecule has 0 bridgehead atoms. The van der Waals surface area contributed by atoms with Crippen LogP contribution in [0.2, 0.25) is 0 Å². The number of phosphoric ester groups is 1. The van der Waals surface area contributed by atoms with E-state index in [0.717, 1.165) is 6.33 Å². The van der Waals surface area contributed by atoms with Crippen LogP contribution in [0.4, 0.5) is 5.82 Å². The molecule has 1 fully saturated rings. The van der Waals surface area contributed by atoms with Gasteiger partial charge in [-0.2, -0.15) is 4.31 Å². The number of fused-ring (bicyclic) bond motifs is 1. The van der Waals surface area contributed by atoms with Crippen LogP contribution in [0.1, 0.15) is 6.23 Å². The molecule has 2 aromatic heterocycles. The molecule has 3 rings (SSSR count). The molecule has 0 aromatic carbocycles. The number of nitrogens with zero attached hydrogens (tertiary/aromatic N) is 4. The van der Waals surface area contributed by atoms with E-state index in [9.17, 15) is 24.2 Å². The molecule has 150 valence electrons. The average Bonchev–Trinajstić information content (AvgIpc) is 3.07. The Morgan fingerprint density at radius 1 is 1.29 bits per heavy atom. The number of aromatic nitrogens is 4. The fraction of sp³-hybridized carbons (Fsp3) is 0.500. The number of nitrogens with two attached hydrogens (primary N) is 1. The standard InChI is InChI=1S/C10H14N5O10P2.Na/c11-8-5-9(13-2-12-8)15(3-14-5)10-7(17)6(16)4(24-10)1-23-27(21,22)25-26(18,19)20;/h2-4,6-7,10,17H,1H2,(H,21,22)(H2,11,12,13)(H2,18,19,20);/q-1;+1/t4-,6-,7-,10-;/m1./s1. The summed E-state index contributed by atoms with van der Waals surface area (Å²) in [5.74, 6) is 0.0700. The van der Waals surface area contributed by atoms with Crippen molar-refractivity contribution in [3.63, 3.8) is 0 Å². The molecule has 0 saturated carbocycles. The van der Waals surface area contributed by atoms with Gasteiger partial charge in [0.05, 0.1) is 25.1 Å². The molecule has 0 spiro atoms. The van der Waals surface area contributed by atoms with E-state index in [1.807, 2.05) is 0 Å². The third kappa shape index (κ3) is 5.15. The minimum Gasteiger partial charge on any atom is -0.848 e. The number of anilines is 1. The maximum atomic E-state index is 12.2. The Hall–Kier alpha value is -0.510. The van der Waals surface area contributed by atoms with Gasteiger partial charge in [-0.25, -0.2) is 24.1 Å². The van der Waals surface area contributed by atoms with Gasteiger partial charge in [0.25, 0.3) is 0 Å². The number of rotatable bonds is 6. The second-order valence-electron chi connectivity index (χ2n) is 5.44. The molecule has 1 aliphatic heterocycles. The number of hydrogen-bond acceptors (Lipinski definition) is 11. The molecule has 3 heterocycles. The van der Waals surface area contributed by atoms with Gasteiger partial charge in [0.15, 0.2) is 17.7 Å². The van der Waals surface area contributed by atoms with Crippen LogP contribution in [0.5, 0.6) is 0 Å². The van der Waals surface area contributed by atoms with Crippen molar-refractivity contribution in [1.29, 1.82) is 0 Å². The second kappa shape index (κ2) is 8.70. The monoisotopic (exact) mass is 449 g/mol. The Morgan fingerprint density at radius 2 is 1.96 bits per heavy atom. The molecule has 6 N–H and O–H groups in total. The normalized spacial score (nSPS) is 27.5. The Labute approximate surface area is 178 Å². The van der Waals surface area contributed by atoms with Crippen molar-refractivity contribution in [2.75, 3.05) is 12.3 Å². The zero-order chi connectivity index (χ0) is 20.0. The number of ether oxygens (including phenoxy) is 1. The number of phosphoric acid groups is 2. The van der Waals surface area contributed by atoms with Gasteiger partial charge in [-0.15, -0.1) is 0 Å². The van der Waals surface area contributed by atoms with Crippen molar-refractivity contribution < 1.29 is 77.2 Å². The Bertz CT molecular complexity index is 938. The van der Waals surface area contributed by atoms with Crippen molar-refractivity contribution in [2.45, 2.75) is 24.5 Å². The quantitative estimate of drug-likeness (QED) is 0.205. The van der Waals surface area contributed by atoms with Gasteiger partial charge in [-0.1, -0.05) is 6.10 Å². The van der Waals surface area contributed by atoms with Crippen molar-refractivity contribution in [1.82, 2.24) is 19.5 Å². The van der Waals surface area contributed by atoms with Crippen LogP contribution < -0.4 is 40.4 Å². The van der Waals surface area contributed by atoms with Gasteiger partial charge >= 0.3 is 45.2 Å². The third-order valence-electron chi connectivity index (χ3n) is 3.58. The van der Waals surface area contributed by atoms with Crippen molar-refractivity contribution in [3.8, 4) is 0 Å². The predicted molar refractivity (Wildman–Crippen MR) is 82.3 cm³/mol. The molecule has 2 aromatic rings. The molecule has 1 unspecified atom stereocenters. The van der Waals surface area contributed by atoms with Gasteiger partial charge in [0, 0.05) is 0 Å². The van der Waals surface area contributed by atoms with Gasteiger partial charge in [-0.3, -0.25) is 9.09 Å². The summed E-state index contributed by atoms with van der Waals surface area (Å²) in [6, 6.07) is 0. The molecule has 28 heavy (non-hydrogen) atoms. The SMILES string of the molecule is Nc1ncnc2c1ncn2[C@@H]1O[C@H](COP(=O)(O)OP(=O)(O)O)[C@@H]([O-])[C@H]1O.[Na+]. The van der Waals surface area contributed by atoms with E-state index in [4.69, 9.17) is 20.3 Å². The topological polar surface area (TPSA) is 235 Å². The van der Waals surface area contributed by atoms with Crippen molar-refractivity contribution in [3.05, 3.63) is 12.7 Å². The summed E-state index contributed by atoms with van der Waals surface area (Å²) in [4.78, 5) is 38.0. The van der Waals surface area contributed by atoms with E-state index in [2.05, 4.69) is 23.8 Å². The van der Waals surface area contributed by atoms with Crippen LogP contribution in [0.25, 0.3) is 11.2 Å². The maximum absolute atomic E-state index is 12.2. The van der Waals surface area contributed by atoms with Gasteiger partial charge < -0.3 is 35.4 Å². The largest absolute Gasteiger partial charge is 1.00 e. The van der Waals surface area contributed by atoms with Crippen LogP contribution in [-0.4, -0.2) is 64.2 Å². The average molecular weight is 449 g/mol. The molecule has 1 aliphatic rings. The first-order valence-electron chi connectivity index (χ1n) is 7.15. The Kier molecular flexibility index (Phi) is 7.38. The minimum absolute atomic E-state index is 0. The molecule has 1 saturated heterocycles. The summed E-state index contributed by atoms with van der Waals surface area (Å²) in [7, 11) is -10.5. The number of hydrogen-bond donors (Lipinski definition) is 5. The Morgan fingerprint density at radius 3 is 2.61 bits per heavy atom. The molecule has 0 radical (unpaired) electrons. The predicted octanol–water partition coefficient (Wildman–Crippen LogP) is -5.37. The third-order valence-corrected chi connectivity index (χ3v) is 5.73. The summed E-state index contributed by atoms with van der Waals surface area (Å²) >= 11 is 0. The van der Waals surface area contributed by atoms with Gasteiger partial charge in [0.1, 0.15) is 11.8 Å². The van der Waals surface area contributed by atoms with Gasteiger partial charge in [-0.05, 0) is 0 Å². The van der Waals surface area contributed by atoms with E-state index in [-0.39, 0.29) is 46.5 Å². The first-order chi connectivity index (χ1) is 12.5. The van der Waals surface area contributed by atoms with Crippen LogP contribution in [-0.2, 0) is 22.7 Å². The number of imidazole rings is 1. The molecular weight excluding hydrogens is 435 g/mol. The summed E-state index contributed by atoms with van der Waals surface area (Å²) in [6.45, 7) is -0.876. The zero-order valence-electron chi connectivity index (χ0n) is 14.2. The fourth-order valence-electron chi connectivity index (χ4n) is 2.47. The smallest absolute Gasteiger partial charge is 0.848 e. The summed E-state index contributed by atoms with van der Waals surface area (Å²) in [5, 5.41) is 22.3. The van der Waals surface area contributed by atoms with Gasteiger partial charge in [0.2, 0.25) is 0 Å². The summed E-state index contributed by atoms with van der Waals surface area (Å²) < 4.78 is 36.6. The first-order valence-corrected chi connectivity index (χ1v) is 10.2. The molecule has 5 atom stereocenters. The molecule has 15 nitrogen and oxygen atoms in total. The molecule has 0 aliphatic carbocycles. The number of nitrogen functional groups attached to an aromatic ring is 1. The van der Waals surface area contributed by atoms with Crippen LogP contribution >= 0.6 is 15.6 Å². The van der Waals surface area contributed by atoms with Crippen LogP contribution in [0.3, 0.4) is 0 Å².